The highest BCUT2D eigenvalue weighted by Gasteiger charge is 2.14. The molecule has 0 unspecified atom stereocenters. The van der Waals surface area contributed by atoms with E-state index >= 15 is 0 Å². The third-order valence-electron chi connectivity index (χ3n) is 3.29. The van der Waals surface area contributed by atoms with Gasteiger partial charge in [0.2, 0.25) is 0 Å². The van der Waals surface area contributed by atoms with E-state index in [1.807, 2.05) is 0 Å². The maximum absolute atomic E-state index is 8.69. The Balaban J connectivity index is 2.53. The number of aliphatic hydroxyl groups is 1. The molecule has 0 atom stereocenters. The molecule has 0 aliphatic heterocycles. The van der Waals surface area contributed by atoms with E-state index in [0.717, 1.165) is 25.9 Å². The van der Waals surface area contributed by atoms with E-state index in [4.69, 9.17) is 5.11 Å². The van der Waals surface area contributed by atoms with Gasteiger partial charge in [0.05, 0.1) is 0 Å². The van der Waals surface area contributed by atoms with E-state index in [1.165, 1.54) is 16.7 Å². The Morgan fingerprint density at radius 2 is 1.89 bits per heavy atom. The van der Waals surface area contributed by atoms with Crippen molar-refractivity contribution in [1.82, 2.24) is 5.32 Å². The number of aryl methyl sites for hydroxylation is 1. The average Bonchev–Trinajstić information content (AvgIpc) is 2.29. The minimum atomic E-state index is 0.225. The summed E-state index contributed by atoms with van der Waals surface area (Å²) in [6.07, 6.45) is 1.89. The molecule has 2 nitrogen and oxygen atoms in total. The Kier molecular flexibility index (Phi) is 5.83. The lowest BCUT2D eigenvalue weighted by atomic mass is 9.85. The third kappa shape index (κ3) is 4.79. The average molecular weight is 249 g/mol. The van der Waals surface area contributed by atoms with Gasteiger partial charge in [-0.1, -0.05) is 39.0 Å². The predicted octanol–water partition coefficient (Wildman–Crippen LogP) is 2.81. The van der Waals surface area contributed by atoms with E-state index in [-0.39, 0.29) is 12.0 Å². The van der Waals surface area contributed by atoms with Crippen LogP contribution in [0.5, 0.6) is 0 Å². The zero-order valence-electron chi connectivity index (χ0n) is 12.2. The number of hydrogen-bond donors (Lipinski definition) is 2. The molecule has 0 bridgehead atoms. The van der Waals surface area contributed by atoms with Crippen LogP contribution in [0.1, 0.15) is 43.9 Å². The molecule has 0 saturated carbocycles. The molecule has 102 valence electrons. The van der Waals surface area contributed by atoms with Crippen molar-refractivity contribution in [2.24, 2.45) is 0 Å². The third-order valence-corrected chi connectivity index (χ3v) is 3.29. The summed E-state index contributed by atoms with van der Waals surface area (Å²) in [5.74, 6) is 0. The molecule has 0 aromatic heterocycles. The van der Waals surface area contributed by atoms with Crippen LogP contribution in [0.25, 0.3) is 0 Å². The van der Waals surface area contributed by atoms with Crippen molar-refractivity contribution >= 4 is 0 Å². The highest BCUT2D eigenvalue weighted by Crippen LogP contribution is 2.24. The van der Waals surface area contributed by atoms with Crippen LogP contribution in [0, 0.1) is 6.92 Å². The van der Waals surface area contributed by atoms with Gasteiger partial charge in [-0.25, -0.2) is 0 Å². The normalized spacial score (nSPS) is 11.8. The minimum absolute atomic E-state index is 0.225. The summed E-state index contributed by atoms with van der Waals surface area (Å²) in [6.45, 7) is 11.1. The van der Waals surface area contributed by atoms with Crippen LogP contribution < -0.4 is 5.32 Å². The number of nitrogens with one attached hydrogen (secondary N) is 1. The fraction of sp³-hybridized carbons (Fsp3) is 0.625. The first-order valence-electron chi connectivity index (χ1n) is 6.86. The van der Waals surface area contributed by atoms with E-state index in [2.05, 4.69) is 51.2 Å². The van der Waals surface area contributed by atoms with Crippen LogP contribution in [-0.4, -0.2) is 24.8 Å². The summed E-state index contributed by atoms with van der Waals surface area (Å²) >= 11 is 0. The smallest absolute Gasteiger partial charge is 0.0443 e. The first-order valence-corrected chi connectivity index (χ1v) is 6.86. The molecule has 0 aliphatic rings. The monoisotopic (exact) mass is 249 g/mol. The molecule has 0 radical (unpaired) electrons. The highest BCUT2D eigenvalue weighted by molar-refractivity contribution is 5.34. The van der Waals surface area contributed by atoms with Gasteiger partial charge in [-0.3, -0.25) is 0 Å². The van der Waals surface area contributed by atoms with Crippen molar-refractivity contribution < 1.29 is 5.11 Å². The van der Waals surface area contributed by atoms with Crippen LogP contribution >= 0.6 is 0 Å². The Morgan fingerprint density at radius 1 is 1.17 bits per heavy atom. The van der Waals surface area contributed by atoms with Gasteiger partial charge in [-0.05, 0) is 55.0 Å². The largest absolute Gasteiger partial charge is 0.396 e. The molecule has 0 heterocycles. The van der Waals surface area contributed by atoms with Gasteiger partial charge < -0.3 is 10.4 Å². The lowest BCUT2D eigenvalue weighted by molar-refractivity contribution is 0.286. The fourth-order valence-electron chi connectivity index (χ4n) is 2.00. The molecule has 2 heteroatoms. The van der Waals surface area contributed by atoms with Gasteiger partial charge in [0.25, 0.3) is 0 Å². The Labute approximate surface area is 111 Å². The summed E-state index contributed by atoms with van der Waals surface area (Å²) in [5, 5.41) is 12.0. The topological polar surface area (TPSA) is 32.3 Å². The summed E-state index contributed by atoms with van der Waals surface area (Å²) in [4.78, 5) is 0. The maximum Gasteiger partial charge on any atom is 0.0443 e. The van der Waals surface area contributed by atoms with Gasteiger partial charge in [0.15, 0.2) is 0 Å². The highest BCUT2D eigenvalue weighted by atomic mass is 16.3. The van der Waals surface area contributed by atoms with Crippen LogP contribution in [0.2, 0.25) is 0 Å². The molecule has 1 aromatic carbocycles. The fourth-order valence-corrected chi connectivity index (χ4v) is 2.00. The van der Waals surface area contributed by atoms with Crippen molar-refractivity contribution in [2.75, 3.05) is 19.7 Å². The lowest BCUT2D eigenvalue weighted by Gasteiger charge is -2.20. The Bertz CT molecular complexity index is 366. The SMILES string of the molecule is Cc1cc(C(C)(C)C)ccc1CCNCCCO. The lowest BCUT2D eigenvalue weighted by Crippen LogP contribution is -2.19. The first-order chi connectivity index (χ1) is 8.45. The second-order valence-corrected chi connectivity index (χ2v) is 5.97. The predicted molar refractivity (Wildman–Crippen MR) is 78.2 cm³/mol. The van der Waals surface area contributed by atoms with E-state index in [1.54, 1.807) is 0 Å². The van der Waals surface area contributed by atoms with Crippen LogP contribution in [-0.2, 0) is 11.8 Å². The summed E-state index contributed by atoms with van der Waals surface area (Å²) in [5.41, 5.74) is 4.42. The van der Waals surface area contributed by atoms with Crippen molar-refractivity contribution in [1.29, 1.82) is 0 Å². The Morgan fingerprint density at radius 3 is 2.44 bits per heavy atom. The summed E-state index contributed by atoms with van der Waals surface area (Å²) < 4.78 is 0. The van der Waals surface area contributed by atoms with Crippen LogP contribution in [0.15, 0.2) is 18.2 Å². The molecule has 2 N–H and O–H groups in total. The molecule has 0 spiro atoms. The Hall–Kier alpha value is -0.860. The van der Waals surface area contributed by atoms with Gasteiger partial charge in [-0.15, -0.1) is 0 Å². The second-order valence-electron chi connectivity index (χ2n) is 5.97. The number of benzene rings is 1. The molecular formula is C16H27NO. The quantitative estimate of drug-likeness (QED) is 0.760. The summed E-state index contributed by atoms with van der Waals surface area (Å²) in [6, 6.07) is 6.81. The molecule has 18 heavy (non-hydrogen) atoms. The number of aliphatic hydroxyl groups excluding tert-OH is 1. The maximum atomic E-state index is 8.69. The van der Waals surface area contributed by atoms with E-state index in [9.17, 15) is 0 Å². The van der Waals surface area contributed by atoms with Crippen LogP contribution in [0.3, 0.4) is 0 Å². The van der Waals surface area contributed by atoms with Gasteiger partial charge >= 0.3 is 0 Å². The zero-order chi connectivity index (χ0) is 13.6. The van der Waals surface area contributed by atoms with Crippen molar-refractivity contribution in [3.05, 3.63) is 34.9 Å². The van der Waals surface area contributed by atoms with Crippen LogP contribution in [0.4, 0.5) is 0 Å². The molecule has 1 rings (SSSR count). The molecule has 1 aromatic rings. The molecule has 0 fully saturated rings. The molecular weight excluding hydrogens is 222 g/mol. The van der Waals surface area contributed by atoms with E-state index < -0.39 is 0 Å². The molecule has 0 aliphatic carbocycles. The molecule has 0 amide bonds. The van der Waals surface area contributed by atoms with Gasteiger partial charge in [-0.2, -0.15) is 0 Å². The van der Waals surface area contributed by atoms with E-state index in [0.29, 0.717) is 0 Å². The first kappa shape index (κ1) is 15.2. The van der Waals surface area contributed by atoms with Crippen molar-refractivity contribution in [3.63, 3.8) is 0 Å². The van der Waals surface area contributed by atoms with Crippen molar-refractivity contribution in [3.8, 4) is 0 Å². The van der Waals surface area contributed by atoms with Crippen molar-refractivity contribution in [2.45, 2.75) is 46.0 Å². The van der Waals surface area contributed by atoms with Gasteiger partial charge in [0.1, 0.15) is 0 Å². The number of rotatable bonds is 6. The molecule has 0 saturated heterocycles. The zero-order valence-corrected chi connectivity index (χ0v) is 12.2. The summed E-state index contributed by atoms with van der Waals surface area (Å²) in [7, 11) is 0. The standard InChI is InChI=1S/C16H27NO/c1-13-12-15(16(2,3)4)7-6-14(13)8-10-17-9-5-11-18/h6-7,12,17-18H,5,8-11H2,1-4H3. The van der Waals surface area contributed by atoms with Gasteiger partial charge in [0, 0.05) is 6.61 Å². The number of hydrogen-bond acceptors (Lipinski definition) is 2. The second kappa shape index (κ2) is 6.91. The minimum Gasteiger partial charge on any atom is -0.396 e.